The van der Waals surface area contributed by atoms with Gasteiger partial charge in [0, 0.05) is 0 Å². The van der Waals surface area contributed by atoms with Gasteiger partial charge in [-0.3, -0.25) is 4.52 Å². The summed E-state index contributed by atoms with van der Waals surface area (Å²) in [6, 6.07) is 0. The number of hydrogen-bond donors (Lipinski definition) is 4. The van der Waals surface area contributed by atoms with Crippen LogP contribution in [0, 0.1) is 0 Å². The summed E-state index contributed by atoms with van der Waals surface area (Å²) in [6.07, 6.45) is 2.98. The molecular formula is C6H17NO7P2. The zero-order valence-electron chi connectivity index (χ0n) is 8.69. The molecule has 0 fully saturated rings. The normalized spacial score (nSPS) is 16.0. The van der Waals surface area contributed by atoms with Gasteiger partial charge in [0.1, 0.15) is 0 Å². The summed E-state index contributed by atoms with van der Waals surface area (Å²) in [5, 5.41) is 0. The van der Waals surface area contributed by atoms with Crippen LogP contribution in [0.4, 0.5) is 0 Å². The first-order valence-electron chi connectivity index (χ1n) is 4.71. The van der Waals surface area contributed by atoms with Crippen LogP contribution in [0.3, 0.4) is 0 Å². The fourth-order valence-corrected chi connectivity index (χ4v) is 2.56. The average Bonchev–Trinajstić information content (AvgIpc) is 2.06. The Hall–Kier alpha value is 0.220. The fourth-order valence-electron chi connectivity index (χ4n) is 0.938. The lowest BCUT2D eigenvalue weighted by molar-refractivity contribution is 0.176. The van der Waals surface area contributed by atoms with Crippen molar-refractivity contribution in [1.82, 2.24) is 0 Å². The van der Waals surface area contributed by atoms with Crippen LogP contribution in [0.15, 0.2) is 0 Å². The lowest BCUT2D eigenvalue weighted by Gasteiger charge is -2.11. The number of unbranched alkanes of at least 4 members (excludes halogenated alkanes) is 3. The smallest absolute Gasteiger partial charge is 0.330 e. The number of phosphoric ester groups is 1. The third-order valence-corrected chi connectivity index (χ3v) is 3.75. The standard InChI is InChI=1S/C6H17NO7P2/c7-5-3-1-2-4-6-13-16(11,12)14-15(8,9)10/h1-7H2,(H,11,12)(H2,8,9,10). The molecule has 1 unspecified atom stereocenters. The molecule has 10 heteroatoms. The third kappa shape index (κ3) is 10.7. The Morgan fingerprint density at radius 1 is 1.00 bits per heavy atom. The molecule has 0 aromatic rings. The van der Waals surface area contributed by atoms with Crippen molar-refractivity contribution in [2.75, 3.05) is 13.2 Å². The number of hydrogen-bond acceptors (Lipinski definition) is 5. The summed E-state index contributed by atoms with van der Waals surface area (Å²) in [5.41, 5.74) is 5.26. The SMILES string of the molecule is NCCCCCCOP(=O)(O)OP(=O)(O)O. The van der Waals surface area contributed by atoms with E-state index in [-0.39, 0.29) is 6.61 Å². The molecule has 0 rings (SSSR count). The predicted molar refractivity (Wildman–Crippen MR) is 56.4 cm³/mol. The zero-order chi connectivity index (χ0) is 12.7. The van der Waals surface area contributed by atoms with Crippen molar-refractivity contribution in [3.05, 3.63) is 0 Å². The molecule has 0 aromatic heterocycles. The summed E-state index contributed by atoms with van der Waals surface area (Å²) in [5.74, 6) is 0. The summed E-state index contributed by atoms with van der Waals surface area (Å²) >= 11 is 0. The van der Waals surface area contributed by atoms with Crippen LogP contribution in [0.1, 0.15) is 25.7 Å². The van der Waals surface area contributed by atoms with Gasteiger partial charge in [-0.15, -0.1) is 0 Å². The first-order valence-corrected chi connectivity index (χ1v) is 7.74. The molecule has 0 heterocycles. The van der Waals surface area contributed by atoms with Crippen molar-refractivity contribution < 1.29 is 32.6 Å². The minimum atomic E-state index is -5.01. The Morgan fingerprint density at radius 2 is 1.56 bits per heavy atom. The molecule has 98 valence electrons. The summed E-state index contributed by atoms with van der Waals surface area (Å²) in [7, 11) is -9.67. The highest BCUT2D eigenvalue weighted by molar-refractivity contribution is 7.60. The maximum atomic E-state index is 10.9. The Kier molecular flexibility index (Phi) is 7.63. The topological polar surface area (TPSA) is 139 Å². The molecule has 1 atom stereocenters. The van der Waals surface area contributed by atoms with E-state index < -0.39 is 15.6 Å². The van der Waals surface area contributed by atoms with Crippen LogP contribution < -0.4 is 5.73 Å². The predicted octanol–water partition coefficient (Wildman–Crippen LogP) is 0.732. The quantitative estimate of drug-likeness (QED) is 0.357. The Labute approximate surface area is 93.6 Å². The lowest BCUT2D eigenvalue weighted by atomic mass is 10.2. The van der Waals surface area contributed by atoms with Crippen molar-refractivity contribution in [3.63, 3.8) is 0 Å². The van der Waals surface area contributed by atoms with Crippen molar-refractivity contribution in [1.29, 1.82) is 0 Å². The third-order valence-electron chi connectivity index (χ3n) is 1.56. The zero-order valence-corrected chi connectivity index (χ0v) is 10.5. The van der Waals surface area contributed by atoms with Gasteiger partial charge in [-0.25, -0.2) is 9.13 Å². The summed E-state index contributed by atoms with van der Waals surface area (Å²) in [6.45, 7) is 0.485. The minimum Gasteiger partial charge on any atom is -0.330 e. The number of phosphoric acid groups is 2. The van der Waals surface area contributed by atoms with E-state index in [9.17, 15) is 9.13 Å². The van der Waals surface area contributed by atoms with E-state index >= 15 is 0 Å². The first kappa shape index (κ1) is 16.2. The van der Waals surface area contributed by atoms with Crippen molar-refractivity contribution in [3.8, 4) is 0 Å². The van der Waals surface area contributed by atoms with Crippen LogP contribution in [-0.2, 0) is 18.0 Å². The molecule has 8 nitrogen and oxygen atoms in total. The van der Waals surface area contributed by atoms with Gasteiger partial charge < -0.3 is 20.4 Å². The molecule has 0 spiro atoms. The van der Waals surface area contributed by atoms with Crippen LogP contribution >= 0.6 is 15.6 Å². The van der Waals surface area contributed by atoms with E-state index in [1.54, 1.807) is 0 Å². The molecule has 16 heavy (non-hydrogen) atoms. The molecule has 0 aliphatic heterocycles. The monoisotopic (exact) mass is 277 g/mol. The molecule has 0 saturated carbocycles. The second-order valence-electron chi connectivity index (χ2n) is 3.08. The number of rotatable bonds is 9. The molecule has 0 aromatic carbocycles. The average molecular weight is 277 g/mol. The van der Waals surface area contributed by atoms with Crippen LogP contribution in [0.5, 0.6) is 0 Å². The second-order valence-corrected chi connectivity index (χ2v) is 5.91. The first-order chi connectivity index (χ1) is 7.27. The summed E-state index contributed by atoms with van der Waals surface area (Å²) < 4.78 is 29.1. The lowest BCUT2D eigenvalue weighted by Crippen LogP contribution is -1.99. The van der Waals surface area contributed by atoms with Crippen molar-refractivity contribution in [2.24, 2.45) is 5.73 Å². The Balaban J connectivity index is 3.67. The fraction of sp³-hybridized carbons (Fsp3) is 1.00. The van der Waals surface area contributed by atoms with Gasteiger partial charge in [0.05, 0.1) is 6.61 Å². The second kappa shape index (κ2) is 7.53. The van der Waals surface area contributed by atoms with Gasteiger partial charge in [0.25, 0.3) is 0 Å². The molecule has 0 radical (unpaired) electrons. The molecule has 0 aliphatic carbocycles. The van der Waals surface area contributed by atoms with Gasteiger partial charge >= 0.3 is 15.6 Å². The maximum Gasteiger partial charge on any atom is 0.481 e. The van der Waals surface area contributed by atoms with Crippen LogP contribution in [0.25, 0.3) is 0 Å². The van der Waals surface area contributed by atoms with E-state index in [1.165, 1.54) is 0 Å². The molecule has 0 saturated heterocycles. The Morgan fingerprint density at radius 3 is 2.06 bits per heavy atom. The van der Waals surface area contributed by atoms with Crippen molar-refractivity contribution >= 4 is 15.6 Å². The largest absolute Gasteiger partial charge is 0.481 e. The highest BCUT2D eigenvalue weighted by Crippen LogP contribution is 2.57. The molecular weight excluding hydrogens is 260 g/mol. The van der Waals surface area contributed by atoms with Crippen LogP contribution in [-0.4, -0.2) is 27.8 Å². The van der Waals surface area contributed by atoms with Crippen LogP contribution in [0.2, 0.25) is 0 Å². The van der Waals surface area contributed by atoms with Gasteiger partial charge in [-0.1, -0.05) is 12.8 Å². The highest BCUT2D eigenvalue weighted by atomic mass is 31.3. The Bertz CT molecular complexity index is 278. The number of nitrogens with two attached hydrogens (primary N) is 1. The van der Waals surface area contributed by atoms with Gasteiger partial charge in [-0.2, -0.15) is 4.31 Å². The van der Waals surface area contributed by atoms with Gasteiger partial charge in [0.15, 0.2) is 0 Å². The van der Waals surface area contributed by atoms with Gasteiger partial charge in [0.2, 0.25) is 0 Å². The molecule has 0 amide bonds. The van der Waals surface area contributed by atoms with E-state index in [2.05, 4.69) is 8.83 Å². The minimum absolute atomic E-state index is 0.0989. The summed E-state index contributed by atoms with van der Waals surface area (Å²) in [4.78, 5) is 25.4. The van der Waals surface area contributed by atoms with E-state index in [4.69, 9.17) is 20.4 Å². The van der Waals surface area contributed by atoms with E-state index in [0.29, 0.717) is 13.0 Å². The maximum absolute atomic E-state index is 10.9. The highest BCUT2D eigenvalue weighted by Gasteiger charge is 2.31. The van der Waals surface area contributed by atoms with E-state index in [1.807, 2.05) is 0 Å². The van der Waals surface area contributed by atoms with Crippen molar-refractivity contribution in [2.45, 2.75) is 25.7 Å². The van der Waals surface area contributed by atoms with E-state index in [0.717, 1.165) is 19.3 Å². The van der Waals surface area contributed by atoms with Gasteiger partial charge in [-0.05, 0) is 19.4 Å². The molecule has 5 N–H and O–H groups in total. The molecule has 0 aliphatic rings. The molecule has 0 bridgehead atoms.